The molecule has 27 heavy (non-hydrogen) atoms. The first-order chi connectivity index (χ1) is 12.9. The van der Waals surface area contributed by atoms with Gasteiger partial charge in [-0.25, -0.2) is 0 Å². The van der Waals surface area contributed by atoms with Crippen molar-refractivity contribution in [3.8, 4) is 0 Å². The van der Waals surface area contributed by atoms with Crippen LogP contribution in [0.3, 0.4) is 0 Å². The van der Waals surface area contributed by atoms with Crippen molar-refractivity contribution in [2.45, 2.75) is 0 Å². The first-order valence-corrected chi connectivity index (χ1v) is 9.08. The Morgan fingerprint density at radius 3 is 1.74 bits per heavy atom. The summed E-state index contributed by atoms with van der Waals surface area (Å²) in [6.07, 6.45) is 0. The maximum atomic E-state index is 12.7. The molecule has 0 aliphatic heterocycles. The molecule has 0 spiro atoms. The second kappa shape index (κ2) is 6.26. The van der Waals surface area contributed by atoms with Crippen LogP contribution in [-0.4, -0.2) is 16.4 Å². The highest BCUT2D eigenvalue weighted by atomic mass is 31.2. The van der Waals surface area contributed by atoms with Gasteiger partial charge in [0.1, 0.15) is 0 Å². The van der Waals surface area contributed by atoms with E-state index in [4.69, 9.17) is 9.15 Å². The predicted molar refractivity (Wildman–Crippen MR) is 102 cm³/mol. The number of rotatable bonds is 4. The molecule has 2 aromatic heterocycles. The molecule has 4 rings (SSSR count). The molecule has 8 nitrogen and oxygen atoms in total. The topological polar surface area (TPSA) is 96.6 Å². The Kier molecular flexibility index (Phi) is 4.02. The van der Waals surface area contributed by atoms with Gasteiger partial charge in [-0.1, -0.05) is 22.9 Å². The quantitative estimate of drug-likeness (QED) is 0.465. The summed E-state index contributed by atoms with van der Waals surface area (Å²) < 4.78 is 12.4. The third-order valence-electron chi connectivity index (χ3n) is 4.35. The van der Waals surface area contributed by atoms with Crippen LogP contribution in [0.2, 0.25) is 0 Å². The van der Waals surface area contributed by atoms with Gasteiger partial charge in [0.25, 0.3) is 30.6 Å². The molecule has 1 unspecified atom stereocenters. The number of benzene rings is 2. The van der Waals surface area contributed by atoms with Gasteiger partial charge in [0.2, 0.25) is 0 Å². The maximum absolute atomic E-state index is 12.7. The molecule has 0 fully saturated rings. The average Bonchev–Trinajstić information content (AvgIpc) is 3.05. The molecule has 0 radical (unpaired) electrons. The molecule has 2 aromatic carbocycles. The zero-order valence-corrected chi connectivity index (χ0v) is 15.2. The van der Waals surface area contributed by atoms with Gasteiger partial charge in [-0.15, -0.1) is 0 Å². The lowest BCUT2D eigenvalue weighted by Gasteiger charge is -2.14. The first-order valence-electron chi connectivity index (χ1n) is 7.90. The molecular formula is C18H13N2O6P. The van der Waals surface area contributed by atoms with Crippen LogP contribution in [0.25, 0.3) is 21.5 Å². The minimum atomic E-state index is -1.71. The molecule has 0 saturated heterocycles. The summed E-state index contributed by atoms with van der Waals surface area (Å²) in [6.45, 7) is 0. The van der Waals surface area contributed by atoms with Crippen LogP contribution in [0.1, 0.15) is 0 Å². The zero-order valence-electron chi connectivity index (χ0n) is 14.3. The van der Waals surface area contributed by atoms with Crippen LogP contribution in [0.15, 0.2) is 61.6 Å². The number of hydrogen-bond acceptors (Lipinski definition) is 6. The summed E-state index contributed by atoms with van der Waals surface area (Å²) in [7, 11) is 1.05. The van der Waals surface area contributed by atoms with Gasteiger partial charge in [-0.05, 0) is 24.3 Å². The van der Waals surface area contributed by atoms with Crippen LogP contribution < -0.4 is 32.2 Å². The summed E-state index contributed by atoms with van der Waals surface area (Å²) in [5.41, 5.74) is -2.43. The van der Waals surface area contributed by atoms with Crippen molar-refractivity contribution < 1.29 is 9.15 Å². The van der Waals surface area contributed by atoms with Crippen molar-refractivity contribution in [1.82, 2.24) is 9.30 Å². The van der Waals surface area contributed by atoms with E-state index < -0.39 is 30.6 Å². The Labute approximate surface area is 152 Å². The molecule has 4 aromatic rings. The third-order valence-corrected chi connectivity index (χ3v) is 5.71. The summed E-state index contributed by atoms with van der Waals surface area (Å²) in [4.78, 5) is 49.6. The van der Waals surface area contributed by atoms with E-state index in [2.05, 4.69) is 0 Å². The van der Waals surface area contributed by atoms with Crippen molar-refractivity contribution in [2.75, 3.05) is 7.11 Å². The van der Waals surface area contributed by atoms with Gasteiger partial charge in [-0.3, -0.25) is 23.7 Å². The first kappa shape index (κ1) is 17.3. The van der Waals surface area contributed by atoms with E-state index in [0.29, 0.717) is 10.0 Å². The third kappa shape index (κ3) is 2.53. The molecule has 0 saturated carbocycles. The fourth-order valence-electron chi connectivity index (χ4n) is 2.96. The number of aromatic nitrogens is 2. The Morgan fingerprint density at radius 2 is 1.26 bits per heavy atom. The minimum absolute atomic E-state index is 0.0225. The van der Waals surface area contributed by atoms with Crippen molar-refractivity contribution in [3.05, 3.63) is 83.9 Å². The van der Waals surface area contributed by atoms with E-state index in [1.807, 2.05) is 6.07 Å². The summed E-state index contributed by atoms with van der Waals surface area (Å²) in [5.74, 6) is 0. The molecule has 2 heterocycles. The molecule has 0 aliphatic rings. The standard InChI is InChI=1S/C18H13N2O6P/c1-19-15(21)11-8-13-14(9-12(11)16(19)22)18(24)20(17(13)23)26-27(25-2)10-6-4-3-5-7-10/h3-9H,1-2H3. The molecule has 9 heteroatoms. The van der Waals surface area contributed by atoms with Crippen molar-refractivity contribution in [1.29, 1.82) is 0 Å². The highest BCUT2D eigenvalue weighted by Gasteiger charge is 2.22. The van der Waals surface area contributed by atoms with Crippen LogP contribution >= 0.6 is 8.38 Å². The van der Waals surface area contributed by atoms with E-state index in [0.717, 1.165) is 4.57 Å². The molecular weight excluding hydrogens is 371 g/mol. The van der Waals surface area contributed by atoms with Crippen LogP contribution in [0, 0.1) is 0 Å². The second-order valence-electron chi connectivity index (χ2n) is 5.87. The molecule has 136 valence electrons. The van der Waals surface area contributed by atoms with E-state index >= 15 is 0 Å². The molecule has 1 atom stereocenters. The van der Waals surface area contributed by atoms with Gasteiger partial charge in [0.15, 0.2) is 0 Å². The van der Waals surface area contributed by atoms with Crippen LogP contribution in [0.5, 0.6) is 0 Å². The van der Waals surface area contributed by atoms with E-state index in [1.54, 1.807) is 24.3 Å². The maximum Gasteiger partial charge on any atom is 0.295 e. The Morgan fingerprint density at radius 1 is 0.778 bits per heavy atom. The summed E-state index contributed by atoms with van der Waals surface area (Å²) in [5, 5.41) is 0.923. The Bertz CT molecular complexity index is 1300. The van der Waals surface area contributed by atoms with E-state index in [1.165, 1.54) is 26.3 Å². The van der Waals surface area contributed by atoms with E-state index in [-0.39, 0.29) is 21.5 Å². The number of fused-ring (bicyclic) bond motifs is 2. The highest BCUT2D eigenvalue weighted by molar-refractivity contribution is 7.56. The monoisotopic (exact) mass is 384 g/mol. The van der Waals surface area contributed by atoms with Crippen molar-refractivity contribution in [3.63, 3.8) is 0 Å². The molecule has 0 aliphatic carbocycles. The highest BCUT2D eigenvalue weighted by Crippen LogP contribution is 2.31. The van der Waals surface area contributed by atoms with Crippen molar-refractivity contribution >= 4 is 35.2 Å². The van der Waals surface area contributed by atoms with Gasteiger partial charge in [-0.2, -0.15) is 0 Å². The van der Waals surface area contributed by atoms with Crippen LogP contribution in [-0.2, 0) is 11.6 Å². The number of hydrogen-bond donors (Lipinski definition) is 0. The average molecular weight is 384 g/mol. The van der Waals surface area contributed by atoms with Gasteiger partial charge in [0.05, 0.1) is 21.5 Å². The summed E-state index contributed by atoms with van der Waals surface area (Å²) >= 11 is 0. The smallest absolute Gasteiger partial charge is 0.295 e. The lowest BCUT2D eigenvalue weighted by Crippen LogP contribution is -2.31. The van der Waals surface area contributed by atoms with Gasteiger partial charge < -0.3 is 9.15 Å². The Balaban J connectivity index is 1.92. The van der Waals surface area contributed by atoms with Gasteiger partial charge >= 0.3 is 0 Å². The Hall–Kier alpha value is -3.09. The van der Waals surface area contributed by atoms with Crippen LogP contribution in [0.4, 0.5) is 0 Å². The fraction of sp³-hybridized carbons (Fsp3) is 0.111. The fourth-order valence-corrected chi connectivity index (χ4v) is 4.04. The minimum Gasteiger partial charge on any atom is -0.353 e. The SMILES string of the molecule is COP(On1c(=O)c2cc3c(=O)n(C)c(=O)c3cc2c1=O)c1ccccc1. The zero-order chi connectivity index (χ0) is 19.3. The van der Waals surface area contributed by atoms with Gasteiger partial charge in [0, 0.05) is 19.5 Å². The number of nitrogens with zero attached hydrogens (tertiary/aromatic N) is 2. The summed E-state index contributed by atoms with van der Waals surface area (Å²) in [6, 6.07) is 11.5. The van der Waals surface area contributed by atoms with Crippen molar-refractivity contribution in [2.24, 2.45) is 7.05 Å². The lowest BCUT2D eigenvalue weighted by atomic mass is 10.1. The normalized spacial score (nSPS) is 12.7. The predicted octanol–water partition coefficient (Wildman–Crippen LogP) is 0.162. The molecule has 0 N–H and O–H groups in total. The lowest BCUT2D eigenvalue weighted by molar-refractivity contribution is 0.245. The van der Waals surface area contributed by atoms with E-state index in [9.17, 15) is 19.2 Å². The molecule has 0 amide bonds. The second-order valence-corrected chi connectivity index (χ2v) is 7.43. The molecule has 0 bridgehead atoms. The largest absolute Gasteiger partial charge is 0.353 e.